The van der Waals surface area contributed by atoms with Crippen LogP contribution in [0.1, 0.15) is 24.0 Å². The molecule has 1 aliphatic heterocycles. The Hall–Kier alpha value is -1.86. The molecule has 0 spiro atoms. The van der Waals surface area contributed by atoms with E-state index in [0.717, 1.165) is 11.1 Å². The second-order valence-corrected chi connectivity index (χ2v) is 4.32. The molecule has 17 heavy (non-hydrogen) atoms. The summed E-state index contributed by atoms with van der Waals surface area (Å²) in [5, 5.41) is 18.2. The van der Waals surface area contributed by atoms with Crippen molar-refractivity contribution in [2.24, 2.45) is 0 Å². The molecule has 1 aliphatic rings. The van der Waals surface area contributed by atoms with Crippen molar-refractivity contribution in [3.8, 4) is 6.07 Å². The van der Waals surface area contributed by atoms with Crippen molar-refractivity contribution in [1.29, 1.82) is 5.26 Å². The fourth-order valence-electron chi connectivity index (χ4n) is 2.22. The minimum absolute atomic E-state index is 0.259. The number of nitrogens with zero attached hydrogens (tertiary/aromatic N) is 2. The van der Waals surface area contributed by atoms with Gasteiger partial charge in [0.1, 0.15) is 0 Å². The predicted octanol–water partition coefficient (Wildman–Crippen LogP) is 1.58. The molecular formula is C13H14N2O2. The molecule has 0 bridgehead atoms. The normalized spacial score (nSPS) is 21.3. The first kappa shape index (κ1) is 11.6. The lowest BCUT2D eigenvalue weighted by molar-refractivity contribution is -0.139. The number of rotatable bonds is 2. The summed E-state index contributed by atoms with van der Waals surface area (Å²) < 4.78 is 0. The topological polar surface area (TPSA) is 64.3 Å². The summed E-state index contributed by atoms with van der Waals surface area (Å²) in [4.78, 5) is 13.2. The molecule has 0 saturated carbocycles. The zero-order chi connectivity index (χ0) is 12.4. The van der Waals surface area contributed by atoms with E-state index in [0.29, 0.717) is 13.1 Å². The number of hydrogen-bond donors (Lipinski definition) is 1. The Bertz CT molecular complexity index is 479. The van der Waals surface area contributed by atoms with Crippen LogP contribution in [0, 0.1) is 11.3 Å². The standard InChI is InChI=1S/C13H14N2O2/c1-9(6-14)15-7-10-4-2-3-5-11(10)12(8-15)13(16)17/h2-5,9,12H,7-8H2,1H3,(H,16,17). The molecule has 2 unspecified atom stereocenters. The highest BCUT2D eigenvalue weighted by molar-refractivity contribution is 5.77. The minimum atomic E-state index is -0.827. The number of carboxylic acid groups (broad SMARTS) is 1. The smallest absolute Gasteiger partial charge is 0.312 e. The Morgan fingerprint density at radius 3 is 2.94 bits per heavy atom. The zero-order valence-corrected chi connectivity index (χ0v) is 9.63. The summed E-state index contributed by atoms with van der Waals surface area (Å²) in [6, 6.07) is 9.45. The van der Waals surface area contributed by atoms with Gasteiger partial charge in [0.2, 0.25) is 0 Å². The van der Waals surface area contributed by atoms with Gasteiger partial charge >= 0.3 is 5.97 Å². The van der Waals surface area contributed by atoms with E-state index in [2.05, 4.69) is 6.07 Å². The Morgan fingerprint density at radius 2 is 2.29 bits per heavy atom. The molecule has 1 heterocycles. The Morgan fingerprint density at radius 1 is 1.59 bits per heavy atom. The van der Waals surface area contributed by atoms with E-state index in [9.17, 15) is 9.90 Å². The van der Waals surface area contributed by atoms with Gasteiger partial charge in [-0.25, -0.2) is 0 Å². The molecule has 4 nitrogen and oxygen atoms in total. The van der Waals surface area contributed by atoms with Crippen LogP contribution in [-0.2, 0) is 11.3 Å². The first-order chi connectivity index (χ1) is 8.13. The molecule has 0 radical (unpaired) electrons. The maximum atomic E-state index is 11.3. The monoisotopic (exact) mass is 230 g/mol. The van der Waals surface area contributed by atoms with Gasteiger partial charge in [-0.2, -0.15) is 5.26 Å². The van der Waals surface area contributed by atoms with Crippen molar-refractivity contribution in [2.75, 3.05) is 6.54 Å². The number of nitriles is 1. The van der Waals surface area contributed by atoms with E-state index in [-0.39, 0.29) is 6.04 Å². The molecule has 2 atom stereocenters. The number of benzene rings is 1. The largest absolute Gasteiger partial charge is 0.481 e. The molecular weight excluding hydrogens is 216 g/mol. The summed E-state index contributed by atoms with van der Waals surface area (Å²) in [5.41, 5.74) is 1.88. The Kier molecular flexibility index (Phi) is 3.12. The van der Waals surface area contributed by atoms with E-state index in [1.165, 1.54) is 0 Å². The summed E-state index contributed by atoms with van der Waals surface area (Å²) >= 11 is 0. The average Bonchev–Trinajstić information content (AvgIpc) is 2.36. The zero-order valence-electron chi connectivity index (χ0n) is 9.63. The first-order valence-corrected chi connectivity index (χ1v) is 5.57. The molecule has 1 aromatic carbocycles. The van der Waals surface area contributed by atoms with Crippen molar-refractivity contribution in [3.63, 3.8) is 0 Å². The molecule has 0 amide bonds. The molecule has 0 saturated heterocycles. The predicted molar refractivity (Wildman–Crippen MR) is 62.3 cm³/mol. The summed E-state index contributed by atoms with van der Waals surface area (Å²) in [7, 11) is 0. The second kappa shape index (κ2) is 4.56. The number of carboxylic acids is 1. The van der Waals surface area contributed by atoms with Gasteiger partial charge in [-0.05, 0) is 18.1 Å². The fourth-order valence-corrected chi connectivity index (χ4v) is 2.22. The lowest BCUT2D eigenvalue weighted by Crippen LogP contribution is -2.41. The van der Waals surface area contributed by atoms with E-state index in [4.69, 9.17) is 5.26 Å². The third kappa shape index (κ3) is 2.15. The molecule has 0 aromatic heterocycles. The summed E-state index contributed by atoms with van der Waals surface area (Å²) in [6.45, 7) is 2.85. The molecule has 4 heteroatoms. The number of fused-ring (bicyclic) bond motifs is 1. The van der Waals surface area contributed by atoms with Crippen LogP contribution in [0.25, 0.3) is 0 Å². The van der Waals surface area contributed by atoms with Crippen LogP contribution in [0.2, 0.25) is 0 Å². The van der Waals surface area contributed by atoms with Crippen LogP contribution < -0.4 is 0 Å². The van der Waals surface area contributed by atoms with Crippen LogP contribution in [0.5, 0.6) is 0 Å². The van der Waals surface area contributed by atoms with Crippen LogP contribution in [-0.4, -0.2) is 28.6 Å². The quantitative estimate of drug-likeness (QED) is 0.837. The molecule has 0 aliphatic carbocycles. The maximum Gasteiger partial charge on any atom is 0.312 e. The lowest BCUT2D eigenvalue weighted by Gasteiger charge is -2.34. The minimum Gasteiger partial charge on any atom is -0.481 e. The van der Waals surface area contributed by atoms with Crippen molar-refractivity contribution in [2.45, 2.75) is 25.4 Å². The van der Waals surface area contributed by atoms with Gasteiger partial charge in [-0.15, -0.1) is 0 Å². The van der Waals surface area contributed by atoms with Crippen molar-refractivity contribution in [3.05, 3.63) is 35.4 Å². The van der Waals surface area contributed by atoms with E-state index < -0.39 is 11.9 Å². The van der Waals surface area contributed by atoms with Crippen LogP contribution in [0.3, 0.4) is 0 Å². The van der Waals surface area contributed by atoms with Crippen molar-refractivity contribution >= 4 is 5.97 Å². The highest BCUT2D eigenvalue weighted by Crippen LogP contribution is 2.29. The summed E-state index contributed by atoms with van der Waals surface area (Å²) in [6.07, 6.45) is 0. The maximum absolute atomic E-state index is 11.3. The van der Waals surface area contributed by atoms with Gasteiger partial charge < -0.3 is 5.11 Å². The second-order valence-electron chi connectivity index (χ2n) is 4.32. The Labute approximate surface area is 100 Å². The van der Waals surface area contributed by atoms with E-state index in [1.807, 2.05) is 29.2 Å². The van der Waals surface area contributed by atoms with Crippen LogP contribution in [0.15, 0.2) is 24.3 Å². The highest BCUT2D eigenvalue weighted by atomic mass is 16.4. The van der Waals surface area contributed by atoms with Crippen molar-refractivity contribution in [1.82, 2.24) is 4.90 Å². The van der Waals surface area contributed by atoms with Gasteiger partial charge in [-0.3, -0.25) is 9.69 Å². The van der Waals surface area contributed by atoms with E-state index >= 15 is 0 Å². The van der Waals surface area contributed by atoms with Gasteiger partial charge in [-0.1, -0.05) is 24.3 Å². The first-order valence-electron chi connectivity index (χ1n) is 5.57. The molecule has 1 N–H and O–H groups in total. The average molecular weight is 230 g/mol. The molecule has 2 rings (SSSR count). The van der Waals surface area contributed by atoms with E-state index in [1.54, 1.807) is 6.92 Å². The number of aliphatic carboxylic acids is 1. The number of carbonyl (C=O) groups is 1. The van der Waals surface area contributed by atoms with Gasteiger partial charge in [0.05, 0.1) is 18.0 Å². The van der Waals surface area contributed by atoms with Crippen LogP contribution in [0.4, 0.5) is 0 Å². The third-order valence-corrected chi connectivity index (χ3v) is 3.25. The van der Waals surface area contributed by atoms with Gasteiger partial charge in [0, 0.05) is 13.1 Å². The van der Waals surface area contributed by atoms with Crippen LogP contribution >= 0.6 is 0 Å². The highest BCUT2D eigenvalue weighted by Gasteiger charge is 2.31. The molecule has 88 valence electrons. The summed E-state index contributed by atoms with van der Waals surface area (Å²) in [5.74, 6) is -1.36. The van der Waals surface area contributed by atoms with Gasteiger partial charge in [0.25, 0.3) is 0 Å². The number of hydrogen-bond acceptors (Lipinski definition) is 3. The molecule has 0 fully saturated rings. The van der Waals surface area contributed by atoms with Crippen molar-refractivity contribution < 1.29 is 9.90 Å². The third-order valence-electron chi connectivity index (χ3n) is 3.25. The molecule has 1 aromatic rings. The lowest BCUT2D eigenvalue weighted by atomic mass is 9.89. The Balaban J connectivity index is 2.37. The SMILES string of the molecule is CC(C#N)N1Cc2ccccc2C(C(=O)O)C1. The fraction of sp³-hybridized carbons (Fsp3) is 0.385. The van der Waals surface area contributed by atoms with Gasteiger partial charge in [0.15, 0.2) is 0 Å².